The summed E-state index contributed by atoms with van der Waals surface area (Å²) in [6.07, 6.45) is 10.4. The van der Waals surface area contributed by atoms with Gasteiger partial charge in [-0.25, -0.2) is 0 Å². The summed E-state index contributed by atoms with van der Waals surface area (Å²) in [5, 5.41) is 0. The van der Waals surface area contributed by atoms with Crippen molar-refractivity contribution < 1.29 is 4.79 Å². The Kier molecular flexibility index (Phi) is 10.2. The van der Waals surface area contributed by atoms with Crippen LogP contribution in [0.5, 0.6) is 0 Å². The van der Waals surface area contributed by atoms with E-state index in [1.165, 1.54) is 44.9 Å². The highest BCUT2D eigenvalue weighted by Gasteiger charge is 2.07. The van der Waals surface area contributed by atoms with Gasteiger partial charge >= 0.3 is 0 Å². The Morgan fingerprint density at radius 1 is 1.07 bits per heavy atom. The minimum Gasteiger partial charge on any atom is -0.288 e. The number of rotatable bonds is 9. The van der Waals surface area contributed by atoms with Crippen LogP contribution in [-0.4, -0.2) is 3.79 Å². The van der Waals surface area contributed by atoms with Crippen molar-refractivity contribution in [2.45, 2.75) is 65.2 Å². The van der Waals surface area contributed by atoms with Gasteiger partial charge in [0.25, 0.3) is 0 Å². The third-order valence-electron chi connectivity index (χ3n) is 2.63. The summed E-state index contributed by atoms with van der Waals surface area (Å²) in [6.45, 7) is 4.28. The number of hydrogen-bond acceptors (Lipinski definition) is 1. The molecular formula is C12H23IO. The predicted molar refractivity (Wildman–Crippen MR) is 70.8 cm³/mol. The lowest BCUT2D eigenvalue weighted by atomic mass is 10.0. The monoisotopic (exact) mass is 310 g/mol. The molecule has 0 aliphatic carbocycles. The summed E-state index contributed by atoms with van der Waals surface area (Å²) in [5.41, 5.74) is 0. The van der Waals surface area contributed by atoms with Gasteiger partial charge in [0.15, 0.2) is 3.79 Å². The molecule has 0 aliphatic heterocycles. The molecular weight excluding hydrogens is 287 g/mol. The molecule has 0 saturated heterocycles. The molecule has 0 aromatic rings. The Hall–Kier alpha value is 0.400. The van der Waals surface area contributed by atoms with Gasteiger partial charge < -0.3 is 0 Å². The average molecular weight is 310 g/mol. The molecule has 0 spiro atoms. The third kappa shape index (κ3) is 8.97. The van der Waals surface area contributed by atoms with E-state index in [4.69, 9.17) is 0 Å². The van der Waals surface area contributed by atoms with E-state index < -0.39 is 0 Å². The molecule has 0 rings (SSSR count). The van der Waals surface area contributed by atoms with Gasteiger partial charge in [-0.3, -0.25) is 4.79 Å². The highest BCUT2D eigenvalue weighted by molar-refractivity contribution is 14.1. The van der Waals surface area contributed by atoms with Crippen LogP contribution >= 0.6 is 22.6 Å². The molecule has 14 heavy (non-hydrogen) atoms. The van der Waals surface area contributed by atoms with Crippen LogP contribution in [0.15, 0.2) is 0 Å². The van der Waals surface area contributed by atoms with Crippen LogP contribution in [0.4, 0.5) is 0 Å². The summed E-state index contributed by atoms with van der Waals surface area (Å²) in [7, 11) is 0. The third-order valence-corrected chi connectivity index (χ3v) is 3.69. The van der Waals surface area contributed by atoms with Crippen molar-refractivity contribution in [1.29, 1.82) is 0 Å². The Morgan fingerprint density at radius 3 is 2.07 bits per heavy atom. The SMILES string of the molecule is CCCCCCCCCC(C)C(=O)I. The van der Waals surface area contributed by atoms with Gasteiger partial charge in [0.1, 0.15) is 0 Å². The molecule has 0 aromatic heterocycles. The second kappa shape index (κ2) is 9.94. The van der Waals surface area contributed by atoms with Crippen molar-refractivity contribution in [3.8, 4) is 0 Å². The van der Waals surface area contributed by atoms with Gasteiger partial charge in [-0.15, -0.1) is 0 Å². The molecule has 2 heteroatoms. The zero-order chi connectivity index (χ0) is 10.8. The number of unbranched alkanes of at least 4 members (excludes halogenated alkanes) is 6. The van der Waals surface area contributed by atoms with E-state index in [9.17, 15) is 4.79 Å². The van der Waals surface area contributed by atoms with E-state index in [2.05, 4.69) is 6.92 Å². The van der Waals surface area contributed by atoms with Crippen LogP contribution in [0, 0.1) is 5.92 Å². The van der Waals surface area contributed by atoms with Crippen molar-refractivity contribution in [3.05, 3.63) is 0 Å². The molecule has 1 unspecified atom stereocenters. The standard InChI is InChI=1S/C12H23IO/c1-3-4-5-6-7-8-9-10-11(2)12(13)14/h11H,3-10H2,1-2H3. The largest absolute Gasteiger partial charge is 0.288 e. The molecule has 0 amide bonds. The Morgan fingerprint density at radius 2 is 1.57 bits per heavy atom. The van der Waals surface area contributed by atoms with Crippen LogP contribution in [0.1, 0.15) is 65.2 Å². The summed E-state index contributed by atoms with van der Waals surface area (Å²) >= 11 is 1.91. The van der Waals surface area contributed by atoms with Crippen molar-refractivity contribution in [2.75, 3.05) is 0 Å². The summed E-state index contributed by atoms with van der Waals surface area (Å²) < 4.78 is 0.314. The molecule has 0 radical (unpaired) electrons. The first-order chi connectivity index (χ1) is 6.68. The fourth-order valence-corrected chi connectivity index (χ4v) is 1.83. The quantitative estimate of drug-likeness (QED) is 0.342. The molecule has 0 saturated carbocycles. The molecule has 0 fully saturated rings. The normalized spacial score (nSPS) is 12.8. The second-order valence-electron chi connectivity index (χ2n) is 4.12. The fraction of sp³-hybridized carbons (Fsp3) is 0.917. The van der Waals surface area contributed by atoms with Gasteiger partial charge in [-0.2, -0.15) is 0 Å². The maximum Gasteiger partial charge on any atom is 0.195 e. The number of halogens is 1. The minimum absolute atomic E-state index is 0.270. The van der Waals surface area contributed by atoms with E-state index in [0.29, 0.717) is 3.79 Å². The van der Waals surface area contributed by atoms with Crippen LogP contribution in [-0.2, 0) is 4.79 Å². The Balaban J connectivity index is 3.09. The van der Waals surface area contributed by atoms with Crippen molar-refractivity contribution in [1.82, 2.24) is 0 Å². The highest BCUT2D eigenvalue weighted by atomic mass is 127. The van der Waals surface area contributed by atoms with Gasteiger partial charge in [-0.1, -0.05) is 58.8 Å². The Bertz CT molecular complexity index is 145. The van der Waals surface area contributed by atoms with Gasteiger partial charge in [0.05, 0.1) is 0 Å². The first-order valence-electron chi connectivity index (χ1n) is 5.87. The molecule has 1 atom stereocenters. The van der Waals surface area contributed by atoms with Crippen molar-refractivity contribution in [2.24, 2.45) is 5.92 Å². The molecule has 0 aromatic carbocycles. The minimum atomic E-state index is 0.270. The summed E-state index contributed by atoms with van der Waals surface area (Å²) in [4.78, 5) is 10.9. The summed E-state index contributed by atoms with van der Waals surface area (Å²) in [6, 6.07) is 0. The van der Waals surface area contributed by atoms with Gasteiger partial charge in [0.2, 0.25) is 0 Å². The molecule has 1 nitrogen and oxygen atoms in total. The fourth-order valence-electron chi connectivity index (χ4n) is 1.52. The lowest BCUT2D eigenvalue weighted by Crippen LogP contribution is -2.02. The summed E-state index contributed by atoms with van der Waals surface area (Å²) in [5.74, 6) is 0.270. The van der Waals surface area contributed by atoms with Crippen molar-refractivity contribution in [3.63, 3.8) is 0 Å². The van der Waals surface area contributed by atoms with Crippen LogP contribution < -0.4 is 0 Å². The predicted octanol–water partition coefficient (Wildman–Crippen LogP) is 4.72. The van der Waals surface area contributed by atoms with E-state index in [0.717, 1.165) is 6.42 Å². The van der Waals surface area contributed by atoms with Crippen molar-refractivity contribution >= 4 is 26.4 Å². The molecule has 0 N–H and O–H groups in total. The lowest BCUT2D eigenvalue weighted by molar-refractivity contribution is -0.112. The number of hydrogen-bond donors (Lipinski definition) is 0. The lowest BCUT2D eigenvalue weighted by Gasteiger charge is -2.05. The second-order valence-corrected chi connectivity index (χ2v) is 5.18. The molecule has 0 bridgehead atoms. The topological polar surface area (TPSA) is 17.1 Å². The first kappa shape index (κ1) is 14.4. The zero-order valence-electron chi connectivity index (χ0n) is 9.52. The smallest absolute Gasteiger partial charge is 0.195 e. The zero-order valence-corrected chi connectivity index (χ0v) is 11.7. The number of carbonyl (C=O) groups is 1. The molecule has 84 valence electrons. The Labute approximate surface area is 102 Å². The van der Waals surface area contributed by atoms with Crippen LogP contribution in [0.2, 0.25) is 0 Å². The van der Waals surface area contributed by atoms with E-state index in [1.807, 2.05) is 29.5 Å². The first-order valence-corrected chi connectivity index (χ1v) is 6.95. The van der Waals surface area contributed by atoms with Crippen LogP contribution in [0.25, 0.3) is 0 Å². The maximum atomic E-state index is 10.9. The van der Waals surface area contributed by atoms with E-state index in [-0.39, 0.29) is 5.92 Å². The maximum absolute atomic E-state index is 10.9. The average Bonchev–Trinajstić information content (AvgIpc) is 2.16. The van der Waals surface area contributed by atoms with E-state index in [1.54, 1.807) is 0 Å². The van der Waals surface area contributed by atoms with Gasteiger partial charge in [0, 0.05) is 5.92 Å². The molecule has 0 aliphatic rings. The van der Waals surface area contributed by atoms with E-state index >= 15 is 0 Å². The van der Waals surface area contributed by atoms with Gasteiger partial charge in [-0.05, 0) is 29.0 Å². The highest BCUT2D eigenvalue weighted by Crippen LogP contribution is 2.15. The number of carbonyl (C=O) groups excluding carboxylic acids is 1. The molecule has 0 heterocycles. The van der Waals surface area contributed by atoms with Crippen LogP contribution in [0.3, 0.4) is 0 Å².